The zero-order valence-electron chi connectivity index (χ0n) is 24.8. The van der Waals surface area contributed by atoms with Crippen molar-refractivity contribution in [3.63, 3.8) is 0 Å². The summed E-state index contributed by atoms with van der Waals surface area (Å²) in [6.45, 7) is 2.31. The van der Waals surface area contributed by atoms with Crippen LogP contribution in [0.25, 0.3) is 22.8 Å². The van der Waals surface area contributed by atoms with Gasteiger partial charge in [-0.2, -0.15) is 11.8 Å². The Hall–Kier alpha value is -3.80. The molecule has 8 nitrogen and oxygen atoms in total. The van der Waals surface area contributed by atoms with E-state index in [1.165, 1.54) is 12.1 Å². The third-order valence-electron chi connectivity index (χ3n) is 7.55. The fourth-order valence-electron chi connectivity index (χ4n) is 5.12. The molecule has 0 aliphatic carbocycles. The average Bonchev–Trinajstić information content (AvgIpc) is 3.75. The Balaban J connectivity index is 1.44. The number of carbonyl (C=O) groups excluding carboxylic acids is 2. The average molecular weight is 634 g/mol. The van der Waals surface area contributed by atoms with Gasteiger partial charge in [0.1, 0.15) is 23.0 Å². The number of halogens is 1. The fraction of sp³-hybridized carbons (Fsp3) is 0.333. The van der Waals surface area contributed by atoms with Gasteiger partial charge in [0.2, 0.25) is 0 Å². The fourth-order valence-corrected chi connectivity index (χ4v) is 6.24. The van der Waals surface area contributed by atoms with Gasteiger partial charge in [-0.25, -0.2) is 19.2 Å². The number of ether oxygens (including phenoxy) is 1. The Kier molecular flexibility index (Phi) is 11.0. The summed E-state index contributed by atoms with van der Waals surface area (Å²) in [4.78, 5) is 37.9. The van der Waals surface area contributed by atoms with E-state index >= 15 is 0 Å². The molecule has 4 aromatic rings. The van der Waals surface area contributed by atoms with Gasteiger partial charge in [0.05, 0.1) is 12.9 Å². The van der Waals surface area contributed by atoms with Crippen LogP contribution in [0, 0.1) is 5.82 Å². The summed E-state index contributed by atoms with van der Waals surface area (Å²) in [5.41, 5.74) is 3.54. The number of aromatic nitrogens is 3. The summed E-state index contributed by atoms with van der Waals surface area (Å²) in [5.74, 6) is -0.461. The van der Waals surface area contributed by atoms with E-state index in [1.54, 1.807) is 60.0 Å². The van der Waals surface area contributed by atoms with Crippen LogP contribution in [-0.4, -0.2) is 75.6 Å². The van der Waals surface area contributed by atoms with E-state index in [0.29, 0.717) is 35.4 Å². The van der Waals surface area contributed by atoms with Crippen LogP contribution in [0.1, 0.15) is 40.2 Å². The Morgan fingerprint density at radius 3 is 2.66 bits per heavy atom. The minimum Gasteiger partial charge on any atom is -0.461 e. The van der Waals surface area contributed by atoms with Gasteiger partial charge in [-0.05, 0) is 85.4 Å². The minimum atomic E-state index is -0.776. The van der Waals surface area contributed by atoms with Crippen molar-refractivity contribution < 1.29 is 18.7 Å². The zero-order valence-corrected chi connectivity index (χ0v) is 26.5. The molecular weight excluding hydrogens is 598 g/mol. The van der Waals surface area contributed by atoms with Crippen molar-refractivity contribution in [1.82, 2.24) is 24.8 Å². The first-order valence-corrected chi connectivity index (χ1v) is 16.8. The molecule has 1 saturated heterocycles. The molecule has 2 aromatic heterocycles. The van der Waals surface area contributed by atoms with Crippen LogP contribution < -0.4 is 5.32 Å². The molecular formula is C33H36FN5O3S2. The molecule has 1 fully saturated rings. The maximum Gasteiger partial charge on any atom is 0.328 e. The highest BCUT2D eigenvalue weighted by molar-refractivity contribution is 7.98. The van der Waals surface area contributed by atoms with Gasteiger partial charge in [0.15, 0.2) is 0 Å². The lowest BCUT2D eigenvalue weighted by molar-refractivity contribution is -0.153. The van der Waals surface area contributed by atoms with E-state index in [0.717, 1.165) is 42.1 Å². The van der Waals surface area contributed by atoms with Crippen molar-refractivity contribution in [1.29, 1.82) is 0 Å². The molecule has 5 rings (SSSR count). The van der Waals surface area contributed by atoms with Gasteiger partial charge in [-0.1, -0.05) is 18.2 Å². The number of imidazole rings is 1. The smallest absolute Gasteiger partial charge is 0.328 e. The molecule has 0 spiro atoms. The third-order valence-corrected chi connectivity index (χ3v) is 9.05. The second-order valence-corrected chi connectivity index (χ2v) is 12.7. The summed E-state index contributed by atoms with van der Waals surface area (Å²) in [7, 11) is 2.05. The topological polar surface area (TPSA) is 89.3 Å². The number of hydrogen-bond acceptors (Lipinski definition) is 8. The van der Waals surface area contributed by atoms with E-state index in [2.05, 4.69) is 27.2 Å². The summed E-state index contributed by atoms with van der Waals surface area (Å²) < 4.78 is 21.7. The van der Waals surface area contributed by atoms with E-state index in [9.17, 15) is 14.0 Å². The maximum atomic E-state index is 13.9. The van der Waals surface area contributed by atoms with Gasteiger partial charge in [0, 0.05) is 48.2 Å². The van der Waals surface area contributed by atoms with E-state index in [-0.39, 0.29) is 17.8 Å². The molecule has 1 aliphatic rings. The first-order valence-electron chi connectivity index (χ1n) is 14.5. The molecule has 0 radical (unpaired) electrons. The lowest BCUT2D eigenvalue weighted by Crippen LogP contribution is -2.45. The van der Waals surface area contributed by atoms with Gasteiger partial charge in [0.25, 0.3) is 5.91 Å². The Morgan fingerprint density at radius 2 is 1.98 bits per heavy atom. The normalized spacial score (nSPS) is 15.2. The van der Waals surface area contributed by atoms with Crippen LogP contribution in [0.4, 0.5) is 4.39 Å². The maximum absolute atomic E-state index is 13.9. The number of rotatable bonds is 12. The molecule has 11 heteroatoms. The summed E-state index contributed by atoms with van der Waals surface area (Å²) in [6.07, 6.45) is 13.0. The SMILES string of the molecule is CSCCC(NC(=O)c1ccc(/C=C(/Cn2ccnc2)c2nccs2)cc1-c1ccc(F)cc1)C(=O)OC1CCN(C)CC1. The van der Waals surface area contributed by atoms with E-state index in [4.69, 9.17) is 4.74 Å². The molecule has 2 aromatic carbocycles. The lowest BCUT2D eigenvalue weighted by Gasteiger charge is -2.30. The molecule has 1 amide bonds. The number of benzene rings is 2. The number of nitrogens with one attached hydrogen (secondary N) is 1. The second kappa shape index (κ2) is 15.3. The van der Waals surface area contributed by atoms with Crippen LogP contribution in [0.5, 0.6) is 0 Å². The van der Waals surface area contributed by atoms with Crippen molar-refractivity contribution in [2.45, 2.75) is 38.0 Å². The van der Waals surface area contributed by atoms with E-state index < -0.39 is 12.0 Å². The molecule has 0 saturated carbocycles. The molecule has 0 bridgehead atoms. The number of carbonyl (C=O) groups is 2. The highest BCUT2D eigenvalue weighted by atomic mass is 32.2. The second-order valence-electron chi connectivity index (χ2n) is 10.8. The monoisotopic (exact) mass is 633 g/mol. The number of esters is 1. The standard InChI is InChI=1S/C33H36FN5O3S2/c1-38-14-9-27(10-15-38)42-33(41)30(11-17-43-2)37-31(40)28-8-3-23(20-29(28)24-4-6-26(34)7-5-24)19-25(32-36-13-18-44-32)21-39-16-12-35-22-39/h3-8,12-13,16,18-20,22,27,30H,9-11,14-15,17,21H2,1-2H3,(H,37,40)/b25-19-. The first-order chi connectivity index (χ1) is 21.4. The van der Waals surface area contributed by atoms with Crippen LogP contribution in [0.2, 0.25) is 0 Å². The van der Waals surface area contributed by atoms with Crippen molar-refractivity contribution in [2.75, 3.05) is 32.1 Å². The predicted molar refractivity (Wildman–Crippen MR) is 175 cm³/mol. The number of likely N-dealkylation sites (tertiary alicyclic amines) is 1. The number of thiazole rings is 1. The molecule has 1 N–H and O–H groups in total. The molecule has 1 unspecified atom stereocenters. The van der Waals surface area contributed by atoms with Gasteiger partial charge < -0.3 is 19.5 Å². The van der Waals surface area contributed by atoms with Crippen molar-refractivity contribution in [3.8, 4) is 11.1 Å². The number of nitrogens with zero attached hydrogens (tertiary/aromatic N) is 4. The summed E-state index contributed by atoms with van der Waals surface area (Å²) in [5, 5.41) is 5.76. The Labute approximate surface area is 265 Å². The van der Waals surface area contributed by atoms with Crippen molar-refractivity contribution in [3.05, 3.63) is 94.7 Å². The van der Waals surface area contributed by atoms with Gasteiger partial charge in [-0.15, -0.1) is 11.3 Å². The molecule has 3 heterocycles. The Bertz CT molecular complexity index is 1550. The van der Waals surface area contributed by atoms with Crippen LogP contribution in [0.3, 0.4) is 0 Å². The first kappa shape index (κ1) is 31.6. The number of piperidine rings is 1. The number of thioether (sulfide) groups is 1. The molecule has 230 valence electrons. The van der Waals surface area contributed by atoms with Crippen LogP contribution >= 0.6 is 23.1 Å². The number of hydrogen-bond donors (Lipinski definition) is 1. The van der Waals surface area contributed by atoms with Gasteiger partial charge in [-0.3, -0.25) is 4.79 Å². The number of amides is 1. The van der Waals surface area contributed by atoms with Crippen LogP contribution in [-0.2, 0) is 16.1 Å². The molecule has 1 atom stereocenters. The molecule has 44 heavy (non-hydrogen) atoms. The quantitative estimate of drug-likeness (QED) is 0.195. The minimum absolute atomic E-state index is 0.150. The third kappa shape index (κ3) is 8.43. The summed E-state index contributed by atoms with van der Waals surface area (Å²) in [6, 6.07) is 10.8. The predicted octanol–water partition coefficient (Wildman–Crippen LogP) is 5.88. The Morgan fingerprint density at radius 1 is 1.18 bits per heavy atom. The van der Waals surface area contributed by atoms with Gasteiger partial charge >= 0.3 is 5.97 Å². The molecule has 1 aliphatic heterocycles. The van der Waals surface area contributed by atoms with Crippen molar-refractivity contribution in [2.24, 2.45) is 0 Å². The lowest BCUT2D eigenvalue weighted by atomic mass is 9.95. The van der Waals surface area contributed by atoms with Crippen LogP contribution in [0.15, 0.2) is 72.8 Å². The number of allylic oxidation sites excluding steroid dienone is 1. The highest BCUT2D eigenvalue weighted by Gasteiger charge is 2.28. The van der Waals surface area contributed by atoms with Crippen molar-refractivity contribution >= 4 is 46.6 Å². The van der Waals surface area contributed by atoms with E-state index in [1.807, 2.05) is 40.6 Å². The highest BCUT2D eigenvalue weighted by Crippen LogP contribution is 2.29. The summed E-state index contributed by atoms with van der Waals surface area (Å²) >= 11 is 3.15. The largest absolute Gasteiger partial charge is 0.461 e. The zero-order chi connectivity index (χ0) is 30.9.